The molecule has 2 rings (SSSR count). The van der Waals surface area contributed by atoms with Gasteiger partial charge >= 0.3 is 11.7 Å². The Balaban J connectivity index is 2.16. The number of methoxy groups -OCH3 is 1. The first kappa shape index (κ1) is 19.0. The second-order valence-electron chi connectivity index (χ2n) is 4.91. The van der Waals surface area contributed by atoms with Crippen LogP contribution in [0.4, 0.5) is 11.4 Å². The molecule has 0 unspecified atom stereocenters. The highest BCUT2D eigenvalue weighted by Crippen LogP contribution is 2.34. The largest absolute Gasteiger partial charge is 0.493 e. The van der Waals surface area contributed by atoms with Crippen LogP contribution in [0.2, 0.25) is 5.02 Å². The quantitative estimate of drug-likeness (QED) is 0.558. The number of aromatic carboxylic acids is 1. The number of nitrogens with one attached hydrogen (secondary N) is 1. The van der Waals surface area contributed by atoms with Crippen molar-refractivity contribution in [3.05, 3.63) is 57.1 Å². The number of benzene rings is 2. The summed E-state index contributed by atoms with van der Waals surface area (Å²) in [6.45, 7) is -0.539. The molecule has 0 aromatic heterocycles. The van der Waals surface area contributed by atoms with Crippen molar-refractivity contribution in [3.63, 3.8) is 0 Å². The van der Waals surface area contributed by atoms with E-state index >= 15 is 0 Å². The number of para-hydroxylation sites is 2. The Morgan fingerprint density at radius 1 is 1.31 bits per heavy atom. The van der Waals surface area contributed by atoms with E-state index in [4.69, 9.17) is 26.2 Å². The third kappa shape index (κ3) is 4.39. The summed E-state index contributed by atoms with van der Waals surface area (Å²) in [5, 5.41) is 22.4. The summed E-state index contributed by atoms with van der Waals surface area (Å²) in [6, 6.07) is 7.95. The number of nitrogens with zero attached hydrogens (tertiary/aromatic N) is 1. The van der Waals surface area contributed by atoms with E-state index in [9.17, 15) is 19.7 Å². The molecule has 0 bridgehead atoms. The Bertz CT molecular complexity index is 870. The van der Waals surface area contributed by atoms with Gasteiger partial charge in [-0.05, 0) is 18.2 Å². The van der Waals surface area contributed by atoms with Crippen molar-refractivity contribution in [1.29, 1.82) is 0 Å². The normalized spacial score (nSPS) is 10.1. The molecule has 10 heteroatoms. The van der Waals surface area contributed by atoms with Gasteiger partial charge in [0.15, 0.2) is 18.1 Å². The lowest BCUT2D eigenvalue weighted by Gasteiger charge is -2.13. The number of hydrogen-bond donors (Lipinski definition) is 2. The fourth-order valence-corrected chi connectivity index (χ4v) is 2.37. The van der Waals surface area contributed by atoms with Crippen LogP contribution in [0.1, 0.15) is 10.4 Å². The van der Waals surface area contributed by atoms with Crippen LogP contribution in [0.5, 0.6) is 11.5 Å². The Hall–Kier alpha value is -3.33. The molecule has 0 atom stereocenters. The van der Waals surface area contributed by atoms with E-state index in [2.05, 4.69) is 5.32 Å². The summed E-state index contributed by atoms with van der Waals surface area (Å²) >= 11 is 5.94. The zero-order chi connectivity index (χ0) is 19.3. The van der Waals surface area contributed by atoms with Gasteiger partial charge in [-0.1, -0.05) is 23.7 Å². The van der Waals surface area contributed by atoms with Crippen LogP contribution in [0.15, 0.2) is 36.4 Å². The van der Waals surface area contributed by atoms with E-state index < -0.39 is 23.4 Å². The Labute approximate surface area is 152 Å². The van der Waals surface area contributed by atoms with Gasteiger partial charge in [-0.15, -0.1) is 0 Å². The fourth-order valence-electron chi connectivity index (χ4n) is 2.08. The highest BCUT2D eigenvalue weighted by Gasteiger charge is 2.18. The van der Waals surface area contributed by atoms with Crippen LogP contribution < -0.4 is 14.8 Å². The number of anilines is 1. The molecule has 26 heavy (non-hydrogen) atoms. The Morgan fingerprint density at radius 3 is 2.62 bits per heavy atom. The average Bonchev–Trinajstić information content (AvgIpc) is 2.59. The van der Waals surface area contributed by atoms with Gasteiger partial charge < -0.3 is 19.9 Å². The summed E-state index contributed by atoms with van der Waals surface area (Å²) in [4.78, 5) is 33.5. The van der Waals surface area contributed by atoms with Gasteiger partial charge in [-0.25, -0.2) is 4.79 Å². The molecule has 0 saturated carbocycles. The number of hydrogen-bond acceptors (Lipinski definition) is 6. The zero-order valence-electron chi connectivity index (χ0n) is 13.4. The summed E-state index contributed by atoms with van der Waals surface area (Å²) in [6.07, 6.45) is 0. The van der Waals surface area contributed by atoms with E-state index in [-0.39, 0.29) is 33.5 Å². The molecule has 2 aromatic rings. The van der Waals surface area contributed by atoms with E-state index in [0.29, 0.717) is 0 Å². The average molecular weight is 381 g/mol. The molecular formula is C16H13ClN2O7. The third-order valence-corrected chi connectivity index (χ3v) is 3.47. The molecule has 2 N–H and O–H groups in total. The molecule has 0 spiro atoms. The zero-order valence-corrected chi connectivity index (χ0v) is 14.1. The molecule has 0 fully saturated rings. The van der Waals surface area contributed by atoms with Gasteiger partial charge in [-0.2, -0.15) is 0 Å². The van der Waals surface area contributed by atoms with Crippen molar-refractivity contribution in [3.8, 4) is 11.5 Å². The van der Waals surface area contributed by atoms with Crippen LogP contribution in [0.3, 0.4) is 0 Å². The third-order valence-electron chi connectivity index (χ3n) is 3.19. The van der Waals surface area contributed by atoms with Crippen molar-refractivity contribution < 1.29 is 29.1 Å². The van der Waals surface area contributed by atoms with Crippen LogP contribution in [0, 0.1) is 10.1 Å². The van der Waals surface area contributed by atoms with Crippen molar-refractivity contribution in [1.82, 2.24) is 0 Å². The fraction of sp³-hybridized carbons (Fsp3) is 0.125. The maximum atomic E-state index is 12.1. The predicted octanol–water partition coefficient (Wildman–Crippen LogP) is 2.97. The molecule has 2 aromatic carbocycles. The first-order chi connectivity index (χ1) is 12.3. The number of carboxylic acids is 1. The van der Waals surface area contributed by atoms with Gasteiger partial charge in [0.2, 0.25) is 0 Å². The second-order valence-corrected chi connectivity index (χ2v) is 5.31. The molecule has 0 aliphatic heterocycles. The summed E-state index contributed by atoms with van der Waals surface area (Å²) in [5.74, 6) is -1.91. The topological polar surface area (TPSA) is 128 Å². The van der Waals surface area contributed by atoms with E-state index in [1.165, 1.54) is 43.5 Å². The molecule has 0 saturated heterocycles. The minimum absolute atomic E-state index is 0.00214. The number of nitro groups is 1. The van der Waals surface area contributed by atoms with Crippen LogP contribution in [-0.4, -0.2) is 35.6 Å². The van der Waals surface area contributed by atoms with E-state index in [1.54, 1.807) is 0 Å². The van der Waals surface area contributed by atoms with Crippen molar-refractivity contribution >= 4 is 34.9 Å². The predicted molar refractivity (Wildman–Crippen MR) is 92.2 cm³/mol. The van der Waals surface area contributed by atoms with Gasteiger partial charge in [-0.3, -0.25) is 14.9 Å². The number of rotatable bonds is 7. The molecule has 0 radical (unpaired) electrons. The molecular weight excluding hydrogens is 368 g/mol. The SMILES string of the molecule is COc1c(Cl)cc(C(=O)O)cc1NC(=O)COc1ccccc1[N+](=O)[O-]. The molecule has 0 aliphatic carbocycles. The molecule has 136 valence electrons. The minimum atomic E-state index is -1.23. The highest BCUT2D eigenvalue weighted by molar-refractivity contribution is 6.33. The van der Waals surface area contributed by atoms with Crippen LogP contribution >= 0.6 is 11.6 Å². The first-order valence-electron chi connectivity index (χ1n) is 7.10. The number of nitro benzene ring substituents is 1. The number of halogens is 1. The van der Waals surface area contributed by atoms with Crippen molar-refractivity contribution in [2.24, 2.45) is 0 Å². The standard InChI is InChI=1S/C16H13ClN2O7/c1-25-15-10(17)6-9(16(21)22)7-11(15)18-14(20)8-26-13-5-3-2-4-12(13)19(23)24/h2-7H,8H2,1H3,(H,18,20)(H,21,22). The van der Waals surface area contributed by atoms with Gasteiger partial charge in [0.1, 0.15) is 0 Å². The number of carboxylic acid groups (broad SMARTS) is 1. The number of carbonyl (C=O) groups excluding carboxylic acids is 1. The van der Waals surface area contributed by atoms with Crippen molar-refractivity contribution in [2.45, 2.75) is 0 Å². The van der Waals surface area contributed by atoms with Gasteiger partial charge in [0, 0.05) is 6.07 Å². The summed E-state index contributed by atoms with van der Waals surface area (Å²) in [5.41, 5.74) is -0.395. The lowest BCUT2D eigenvalue weighted by atomic mass is 10.2. The Kier molecular flexibility index (Phi) is 5.97. The van der Waals surface area contributed by atoms with Gasteiger partial charge in [0.05, 0.1) is 28.3 Å². The molecule has 1 amide bonds. The lowest BCUT2D eigenvalue weighted by molar-refractivity contribution is -0.385. The van der Waals surface area contributed by atoms with Crippen LogP contribution in [0.25, 0.3) is 0 Å². The maximum absolute atomic E-state index is 12.1. The number of carbonyl (C=O) groups is 2. The monoisotopic (exact) mass is 380 g/mol. The maximum Gasteiger partial charge on any atom is 0.335 e. The second kappa shape index (κ2) is 8.17. The smallest absolute Gasteiger partial charge is 0.335 e. The first-order valence-corrected chi connectivity index (χ1v) is 7.48. The molecule has 9 nitrogen and oxygen atoms in total. The minimum Gasteiger partial charge on any atom is -0.493 e. The summed E-state index contributed by atoms with van der Waals surface area (Å²) in [7, 11) is 1.31. The molecule has 0 heterocycles. The number of ether oxygens (including phenoxy) is 2. The van der Waals surface area contributed by atoms with Crippen molar-refractivity contribution in [2.75, 3.05) is 19.0 Å². The Morgan fingerprint density at radius 2 is 2.00 bits per heavy atom. The number of amides is 1. The highest BCUT2D eigenvalue weighted by atomic mass is 35.5. The molecule has 0 aliphatic rings. The van der Waals surface area contributed by atoms with Crippen LogP contribution in [-0.2, 0) is 4.79 Å². The van der Waals surface area contributed by atoms with E-state index in [1.807, 2.05) is 0 Å². The van der Waals surface area contributed by atoms with Gasteiger partial charge in [0.25, 0.3) is 5.91 Å². The summed E-state index contributed by atoms with van der Waals surface area (Å²) < 4.78 is 10.2. The van der Waals surface area contributed by atoms with E-state index in [0.717, 1.165) is 0 Å². The lowest BCUT2D eigenvalue weighted by Crippen LogP contribution is -2.21.